The van der Waals surface area contributed by atoms with Gasteiger partial charge < -0.3 is 20.7 Å². The van der Waals surface area contributed by atoms with E-state index in [1.165, 1.54) is 0 Å². The van der Waals surface area contributed by atoms with Crippen LogP contribution in [-0.2, 0) is 0 Å². The van der Waals surface area contributed by atoms with Crippen LogP contribution in [-0.4, -0.2) is 38.6 Å². The Balaban J connectivity index is 0.00000243. The van der Waals surface area contributed by atoms with Gasteiger partial charge in [0.15, 0.2) is 0 Å². The minimum atomic E-state index is -0.272. The van der Waals surface area contributed by atoms with Crippen molar-refractivity contribution in [2.75, 3.05) is 32.1 Å². The van der Waals surface area contributed by atoms with Gasteiger partial charge in [0.1, 0.15) is 5.75 Å². The number of benzene rings is 2. The molecule has 1 heterocycles. The first-order chi connectivity index (χ1) is 12.2. The molecule has 0 aliphatic carbocycles. The van der Waals surface area contributed by atoms with Gasteiger partial charge in [-0.2, -0.15) is 0 Å². The summed E-state index contributed by atoms with van der Waals surface area (Å²) >= 11 is 0. The zero-order valence-corrected chi connectivity index (χ0v) is 15.3. The number of amides is 2. The monoisotopic (exact) mass is 375 g/mol. The molecule has 1 saturated heterocycles. The van der Waals surface area contributed by atoms with E-state index in [9.17, 15) is 9.59 Å². The molecule has 0 radical (unpaired) electrons. The van der Waals surface area contributed by atoms with Crippen molar-refractivity contribution in [1.82, 2.24) is 10.6 Å². The summed E-state index contributed by atoms with van der Waals surface area (Å²) in [7, 11) is 1.57. The third kappa shape index (κ3) is 4.74. The van der Waals surface area contributed by atoms with E-state index in [0.29, 0.717) is 35.0 Å². The van der Waals surface area contributed by atoms with Crippen LogP contribution in [0.3, 0.4) is 0 Å². The van der Waals surface area contributed by atoms with E-state index in [1.54, 1.807) is 55.6 Å². The fraction of sp³-hybridized carbons (Fsp3) is 0.263. The molecule has 1 aliphatic heterocycles. The summed E-state index contributed by atoms with van der Waals surface area (Å²) < 4.78 is 5.09. The summed E-state index contributed by atoms with van der Waals surface area (Å²) in [6.45, 7) is 2.48. The number of halogens is 1. The SMILES string of the molecule is COc1ccc(C(=O)Nc2ccccc2C(=O)NCC2CNC2)cc1.Cl. The van der Waals surface area contributed by atoms with Crippen molar-refractivity contribution in [3.8, 4) is 5.75 Å². The standard InChI is InChI=1S/C19H21N3O3.ClH/c1-25-15-8-6-14(7-9-15)18(23)22-17-5-3-2-4-16(17)19(24)21-12-13-10-20-11-13;/h2-9,13,20H,10-12H2,1H3,(H,21,24)(H,22,23);1H. The van der Waals surface area contributed by atoms with Crippen molar-refractivity contribution in [2.24, 2.45) is 5.92 Å². The number of para-hydroxylation sites is 1. The Kier molecular flexibility index (Phi) is 7.00. The number of methoxy groups -OCH3 is 1. The molecule has 138 valence electrons. The Morgan fingerprint density at radius 3 is 2.38 bits per heavy atom. The van der Waals surface area contributed by atoms with Gasteiger partial charge in [0.25, 0.3) is 11.8 Å². The largest absolute Gasteiger partial charge is 0.497 e. The maximum absolute atomic E-state index is 12.4. The lowest BCUT2D eigenvalue weighted by molar-refractivity contribution is 0.0943. The molecular weight excluding hydrogens is 354 g/mol. The number of hydrogen-bond acceptors (Lipinski definition) is 4. The molecule has 3 N–H and O–H groups in total. The summed E-state index contributed by atoms with van der Waals surface area (Å²) in [5.41, 5.74) is 1.45. The first-order valence-electron chi connectivity index (χ1n) is 8.20. The maximum Gasteiger partial charge on any atom is 0.255 e. The van der Waals surface area contributed by atoms with Gasteiger partial charge in [-0.15, -0.1) is 12.4 Å². The van der Waals surface area contributed by atoms with Gasteiger partial charge in [-0.1, -0.05) is 12.1 Å². The smallest absolute Gasteiger partial charge is 0.255 e. The number of carbonyl (C=O) groups excluding carboxylic acids is 2. The van der Waals surface area contributed by atoms with Crippen LogP contribution in [0.15, 0.2) is 48.5 Å². The van der Waals surface area contributed by atoms with Gasteiger partial charge in [0.05, 0.1) is 18.4 Å². The summed E-state index contributed by atoms with van der Waals surface area (Å²) in [5, 5.41) is 8.90. The molecule has 7 heteroatoms. The van der Waals surface area contributed by atoms with E-state index in [1.807, 2.05) is 0 Å². The van der Waals surface area contributed by atoms with Crippen LogP contribution in [0.5, 0.6) is 5.75 Å². The average molecular weight is 376 g/mol. The molecule has 2 amide bonds. The highest BCUT2D eigenvalue weighted by Crippen LogP contribution is 2.18. The lowest BCUT2D eigenvalue weighted by atomic mass is 10.0. The van der Waals surface area contributed by atoms with Crippen LogP contribution in [0.2, 0.25) is 0 Å². The van der Waals surface area contributed by atoms with Gasteiger partial charge in [-0.25, -0.2) is 0 Å². The Bertz CT molecular complexity index is 761. The van der Waals surface area contributed by atoms with Crippen LogP contribution < -0.4 is 20.7 Å². The van der Waals surface area contributed by atoms with Crippen molar-refractivity contribution in [3.63, 3.8) is 0 Å². The molecule has 0 bridgehead atoms. The van der Waals surface area contributed by atoms with Gasteiger partial charge >= 0.3 is 0 Å². The highest BCUT2D eigenvalue weighted by atomic mass is 35.5. The molecule has 6 nitrogen and oxygen atoms in total. The van der Waals surface area contributed by atoms with E-state index in [4.69, 9.17) is 4.74 Å². The van der Waals surface area contributed by atoms with Crippen molar-refractivity contribution in [3.05, 3.63) is 59.7 Å². The summed E-state index contributed by atoms with van der Waals surface area (Å²) in [6.07, 6.45) is 0. The molecule has 0 aromatic heterocycles. The third-order valence-electron chi connectivity index (χ3n) is 4.19. The zero-order valence-electron chi connectivity index (χ0n) is 14.5. The summed E-state index contributed by atoms with van der Waals surface area (Å²) in [4.78, 5) is 24.8. The number of ether oxygens (including phenoxy) is 1. The molecule has 2 aromatic carbocycles. The van der Waals surface area contributed by atoms with E-state index < -0.39 is 0 Å². The van der Waals surface area contributed by atoms with Gasteiger partial charge in [0.2, 0.25) is 0 Å². The molecule has 1 fully saturated rings. The average Bonchev–Trinajstić information content (AvgIpc) is 2.60. The highest BCUT2D eigenvalue weighted by Gasteiger charge is 2.19. The predicted octanol–water partition coefficient (Wildman–Crippen LogP) is 2.32. The molecule has 0 unspecified atom stereocenters. The highest BCUT2D eigenvalue weighted by molar-refractivity contribution is 6.09. The van der Waals surface area contributed by atoms with Crippen molar-refractivity contribution < 1.29 is 14.3 Å². The lowest BCUT2D eigenvalue weighted by Gasteiger charge is -2.27. The predicted molar refractivity (Wildman–Crippen MR) is 103 cm³/mol. The van der Waals surface area contributed by atoms with E-state index >= 15 is 0 Å². The van der Waals surface area contributed by atoms with E-state index in [2.05, 4.69) is 16.0 Å². The number of nitrogens with one attached hydrogen (secondary N) is 3. The van der Waals surface area contributed by atoms with Crippen molar-refractivity contribution in [1.29, 1.82) is 0 Å². The minimum Gasteiger partial charge on any atom is -0.497 e. The Labute approximate surface area is 158 Å². The maximum atomic E-state index is 12.4. The minimum absolute atomic E-state index is 0. The third-order valence-corrected chi connectivity index (χ3v) is 4.19. The number of carbonyl (C=O) groups is 2. The molecule has 26 heavy (non-hydrogen) atoms. The number of anilines is 1. The fourth-order valence-electron chi connectivity index (χ4n) is 2.55. The zero-order chi connectivity index (χ0) is 17.6. The first-order valence-corrected chi connectivity index (χ1v) is 8.20. The van der Waals surface area contributed by atoms with Crippen LogP contribution in [0, 0.1) is 5.92 Å². The van der Waals surface area contributed by atoms with Crippen LogP contribution in [0.4, 0.5) is 5.69 Å². The van der Waals surface area contributed by atoms with Crippen molar-refractivity contribution in [2.45, 2.75) is 0 Å². The summed E-state index contributed by atoms with van der Waals surface area (Å²) in [6, 6.07) is 13.8. The molecule has 1 aliphatic rings. The molecule has 2 aromatic rings. The summed E-state index contributed by atoms with van der Waals surface area (Å²) in [5.74, 6) is 0.704. The molecule has 0 spiro atoms. The van der Waals surface area contributed by atoms with Crippen LogP contribution >= 0.6 is 12.4 Å². The van der Waals surface area contributed by atoms with Gasteiger partial charge in [0, 0.05) is 31.1 Å². The molecular formula is C19H22ClN3O3. The first kappa shape index (κ1) is 19.8. The van der Waals surface area contributed by atoms with E-state index in [0.717, 1.165) is 13.1 Å². The van der Waals surface area contributed by atoms with Crippen LogP contribution in [0.25, 0.3) is 0 Å². The Hall–Kier alpha value is -2.57. The quantitative estimate of drug-likeness (QED) is 0.724. The Morgan fingerprint density at radius 1 is 1.08 bits per heavy atom. The Morgan fingerprint density at radius 2 is 1.77 bits per heavy atom. The van der Waals surface area contributed by atoms with Crippen LogP contribution in [0.1, 0.15) is 20.7 Å². The normalized spacial score (nSPS) is 13.1. The second-order valence-electron chi connectivity index (χ2n) is 5.96. The number of hydrogen-bond donors (Lipinski definition) is 3. The second-order valence-corrected chi connectivity index (χ2v) is 5.96. The fourth-order valence-corrected chi connectivity index (χ4v) is 2.55. The van der Waals surface area contributed by atoms with Gasteiger partial charge in [-0.05, 0) is 36.4 Å². The van der Waals surface area contributed by atoms with Gasteiger partial charge in [-0.3, -0.25) is 9.59 Å². The lowest BCUT2D eigenvalue weighted by Crippen LogP contribution is -2.48. The second kappa shape index (κ2) is 9.22. The molecule has 0 atom stereocenters. The molecule has 0 saturated carbocycles. The van der Waals surface area contributed by atoms with E-state index in [-0.39, 0.29) is 24.2 Å². The van der Waals surface area contributed by atoms with Crippen molar-refractivity contribution >= 4 is 29.9 Å². The number of rotatable bonds is 6. The topological polar surface area (TPSA) is 79.5 Å². The molecule has 3 rings (SSSR count).